The zero-order valence-corrected chi connectivity index (χ0v) is 28.7. The van der Waals surface area contributed by atoms with Gasteiger partial charge in [-0.2, -0.15) is 5.11 Å². The maximum atomic E-state index is 11.3. The van der Waals surface area contributed by atoms with Crippen LogP contribution in [0.15, 0.2) is 119 Å². The van der Waals surface area contributed by atoms with Crippen LogP contribution in [0.2, 0.25) is 5.02 Å². The van der Waals surface area contributed by atoms with Crippen molar-refractivity contribution in [1.29, 1.82) is 0 Å². The number of hydrogen-bond donors (Lipinski definition) is 3. The molecule has 0 unspecified atom stereocenters. The number of halogens is 1. The molecule has 0 radical (unpaired) electrons. The third kappa shape index (κ3) is 7.38. The van der Waals surface area contributed by atoms with Crippen LogP contribution in [0.1, 0.15) is 24.9 Å². The van der Waals surface area contributed by atoms with E-state index in [0.29, 0.717) is 60.9 Å². The molecule has 12 nitrogen and oxygen atoms in total. The second-order valence-electron chi connectivity index (χ2n) is 10.9. The number of nitrogen functional groups attached to an aromatic ring is 1. The summed E-state index contributed by atoms with van der Waals surface area (Å²) < 4.78 is 13.6. The monoisotopic (exact) mass is 732 g/mol. The van der Waals surface area contributed by atoms with E-state index in [9.17, 15) is 9.59 Å². The van der Waals surface area contributed by atoms with E-state index in [1.807, 2.05) is 48.7 Å². The summed E-state index contributed by atoms with van der Waals surface area (Å²) in [6.07, 6.45) is 5.04. The van der Waals surface area contributed by atoms with Gasteiger partial charge in [0.2, 0.25) is 5.91 Å². The Balaban J connectivity index is 0.000000170. The van der Waals surface area contributed by atoms with Crippen molar-refractivity contribution in [2.24, 2.45) is 26.9 Å². The molecule has 0 saturated carbocycles. The summed E-state index contributed by atoms with van der Waals surface area (Å²) in [5, 5.41) is 14.0. The zero-order valence-electron chi connectivity index (χ0n) is 26.3. The minimum absolute atomic E-state index is 0.339. The predicted octanol–water partition coefficient (Wildman–Crippen LogP) is 8.45. The summed E-state index contributed by atoms with van der Waals surface area (Å²) in [4.78, 5) is 32.3. The number of nitrogens with zero attached hydrogens (tertiary/aromatic N) is 5. The van der Waals surface area contributed by atoms with Gasteiger partial charge < -0.3 is 26.7 Å². The first kappa shape index (κ1) is 33.3. The van der Waals surface area contributed by atoms with E-state index >= 15 is 0 Å². The van der Waals surface area contributed by atoms with Gasteiger partial charge in [-0.3, -0.25) is 14.6 Å². The van der Waals surface area contributed by atoms with Gasteiger partial charge >= 0.3 is 0 Å². The number of anilines is 1. The molecule has 8 rings (SSSR count). The Morgan fingerprint density at radius 1 is 0.745 bits per heavy atom. The molecule has 5 heterocycles. The van der Waals surface area contributed by atoms with Crippen LogP contribution in [0, 0.1) is 0 Å². The van der Waals surface area contributed by atoms with Gasteiger partial charge in [0.25, 0.3) is 5.91 Å². The van der Waals surface area contributed by atoms with Crippen molar-refractivity contribution in [2.45, 2.75) is 0 Å². The van der Waals surface area contributed by atoms with Gasteiger partial charge in [0.1, 0.15) is 29.6 Å². The number of ether oxygens (including phenoxy) is 2. The van der Waals surface area contributed by atoms with Crippen molar-refractivity contribution in [3.63, 3.8) is 0 Å². The number of rotatable bonds is 8. The molecule has 3 aromatic carbocycles. The van der Waals surface area contributed by atoms with Crippen LogP contribution in [0.5, 0.6) is 23.0 Å². The molecule has 252 valence electrons. The van der Waals surface area contributed by atoms with Crippen LogP contribution < -0.4 is 26.7 Å². The van der Waals surface area contributed by atoms with Gasteiger partial charge in [0.15, 0.2) is 11.5 Å². The fourth-order valence-electron chi connectivity index (χ4n) is 5.02. The first-order valence-electron chi connectivity index (χ1n) is 15.1. The number of thiophene rings is 2. The predicted molar refractivity (Wildman–Crippen MR) is 200 cm³/mol. The number of aromatic nitrogens is 2. The standard InChI is InChI=1S/C22H15N5O2S.C14H10ClN3O2S/c23-22(28)15-3-1-13(2-4-15)14-5-7-16(8-6-14)29-19-11-24-12-21-17(19)9-20(30-21)18-10-25-27-26-18;15-7-1-3-8(4-2-7)20-10-6-18-13(16)12-9(10)5-11(21-12)14(17)19/h1-9,11-12H,10H2,(H2,23,28);1-6H,(H2,16,18)(H2,17,19). The molecule has 0 spiro atoms. The summed E-state index contributed by atoms with van der Waals surface area (Å²) >= 11 is 8.63. The number of carbonyl (C=O) groups excluding carboxylic acids is 2. The summed E-state index contributed by atoms with van der Waals surface area (Å²) in [5.74, 6) is 1.90. The Morgan fingerprint density at radius 3 is 2.02 bits per heavy atom. The van der Waals surface area contributed by atoms with E-state index in [1.54, 1.807) is 60.0 Å². The zero-order chi connectivity index (χ0) is 35.5. The van der Waals surface area contributed by atoms with Crippen LogP contribution in [-0.4, -0.2) is 34.0 Å². The van der Waals surface area contributed by atoms with Crippen LogP contribution >= 0.6 is 34.3 Å². The van der Waals surface area contributed by atoms with Gasteiger partial charge in [0, 0.05) is 27.6 Å². The van der Waals surface area contributed by atoms with Gasteiger partial charge in [-0.05, 0) is 77.0 Å². The minimum atomic E-state index is -0.506. The van der Waals surface area contributed by atoms with Crippen molar-refractivity contribution in [3.8, 4) is 34.1 Å². The fourth-order valence-corrected chi connectivity index (χ4v) is 7.09. The normalized spacial score (nSPS) is 12.0. The van der Waals surface area contributed by atoms with Crippen molar-refractivity contribution in [3.05, 3.63) is 124 Å². The average Bonchev–Trinajstić information content (AvgIpc) is 3.92. The van der Waals surface area contributed by atoms with Gasteiger partial charge in [-0.1, -0.05) is 35.9 Å². The summed E-state index contributed by atoms with van der Waals surface area (Å²) in [5.41, 5.74) is 19.8. The van der Waals surface area contributed by atoms with Crippen molar-refractivity contribution in [2.75, 3.05) is 12.3 Å². The first-order chi connectivity index (χ1) is 24.7. The molecule has 7 aromatic rings. The number of primary amides is 2. The first-order valence-corrected chi connectivity index (χ1v) is 17.1. The second-order valence-corrected chi connectivity index (χ2v) is 13.5. The summed E-state index contributed by atoms with van der Waals surface area (Å²) in [6.45, 7) is 0.498. The number of carbonyl (C=O) groups is 2. The number of pyridine rings is 2. The van der Waals surface area contributed by atoms with Gasteiger partial charge in [-0.15, -0.1) is 27.8 Å². The molecular formula is C36H25ClN8O4S2. The average molecular weight is 733 g/mol. The highest BCUT2D eigenvalue weighted by atomic mass is 35.5. The SMILES string of the molecule is NC(=O)c1cc2c(Oc3ccc(Cl)cc3)cnc(N)c2s1.NC(=O)c1ccc(-c2ccc(Oc3cncc4sc(C5=NN=NC5)cc34)cc2)cc1. The molecule has 0 saturated heterocycles. The second kappa shape index (κ2) is 14.3. The molecule has 4 aromatic heterocycles. The maximum absolute atomic E-state index is 11.3. The lowest BCUT2D eigenvalue weighted by molar-refractivity contribution is 0.0993. The van der Waals surface area contributed by atoms with Gasteiger partial charge in [0.05, 0.1) is 31.5 Å². The van der Waals surface area contributed by atoms with Crippen LogP contribution in [0.25, 0.3) is 31.3 Å². The Morgan fingerprint density at radius 2 is 1.39 bits per heavy atom. The fraction of sp³-hybridized carbons (Fsp3) is 0.0278. The van der Waals surface area contributed by atoms with E-state index < -0.39 is 11.8 Å². The molecule has 1 aliphatic heterocycles. The highest BCUT2D eigenvalue weighted by Gasteiger charge is 2.16. The largest absolute Gasteiger partial charge is 0.455 e. The lowest BCUT2D eigenvalue weighted by atomic mass is 10.0. The van der Waals surface area contributed by atoms with Crippen LogP contribution in [0.4, 0.5) is 5.82 Å². The molecule has 2 amide bonds. The van der Waals surface area contributed by atoms with E-state index in [4.69, 9.17) is 38.3 Å². The number of benzene rings is 3. The van der Waals surface area contributed by atoms with Crippen LogP contribution in [0.3, 0.4) is 0 Å². The number of amides is 2. The van der Waals surface area contributed by atoms with E-state index in [-0.39, 0.29) is 0 Å². The third-order valence-corrected chi connectivity index (χ3v) is 10.1. The van der Waals surface area contributed by atoms with Crippen molar-refractivity contribution < 1.29 is 19.1 Å². The molecule has 0 fully saturated rings. The lowest BCUT2D eigenvalue weighted by Crippen LogP contribution is -2.10. The minimum Gasteiger partial charge on any atom is -0.455 e. The van der Waals surface area contributed by atoms with Crippen molar-refractivity contribution >= 4 is 77.8 Å². The molecule has 51 heavy (non-hydrogen) atoms. The Kier molecular flexibility index (Phi) is 9.35. The highest BCUT2D eigenvalue weighted by molar-refractivity contribution is 7.21. The molecule has 0 bridgehead atoms. The maximum Gasteiger partial charge on any atom is 0.258 e. The van der Waals surface area contributed by atoms with Crippen molar-refractivity contribution in [1.82, 2.24) is 9.97 Å². The quantitative estimate of drug-likeness (QED) is 0.139. The Hall–Kier alpha value is -6.22. The number of hydrogen-bond acceptors (Lipinski definition) is 12. The molecule has 15 heteroatoms. The Bertz CT molecular complexity index is 2480. The highest BCUT2D eigenvalue weighted by Crippen LogP contribution is 2.38. The third-order valence-electron chi connectivity index (χ3n) is 7.56. The lowest BCUT2D eigenvalue weighted by Gasteiger charge is -2.08. The number of fused-ring (bicyclic) bond motifs is 2. The molecular weight excluding hydrogens is 708 g/mol. The molecule has 0 aliphatic carbocycles. The smallest absolute Gasteiger partial charge is 0.258 e. The van der Waals surface area contributed by atoms with Crippen LogP contribution in [-0.2, 0) is 0 Å². The van der Waals surface area contributed by atoms with E-state index in [1.165, 1.54) is 17.5 Å². The summed E-state index contributed by atoms with van der Waals surface area (Å²) in [6, 6.07) is 25.6. The summed E-state index contributed by atoms with van der Waals surface area (Å²) in [7, 11) is 0. The topological polar surface area (TPSA) is 194 Å². The molecule has 1 aliphatic rings. The van der Waals surface area contributed by atoms with E-state index in [2.05, 4.69) is 25.4 Å². The molecule has 6 N–H and O–H groups in total. The van der Waals surface area contributed by atoms with E-state index in [0.717, 1.165) is 31.8 Å². The number of nitrogens with two attached hydrogens (primary N) is 3. The van der Waals surface area contributed by atoms with Gasteiger partial charge in [-0.25, -0.2) is 4.98 Å². The molecule has 0 atom stereocenters. The Labute approximate surface area is 302 Å².